The Morgan fingerprint density at radius 2 is 2.05 bits per heavy atom. The van der Waals surface area contributed by atoms with Gasteiger partial charge in [0, 0.05) is 5.25 Å². The van der Waals surface area contributed by atoms with Crippen molar-refractivity contribution < 1.29 is 13.5 Å². The lowest BCUT2D eigenvalue weighted by Crippen LogP contribution is -2.23. The first-order chi connectivity index (χ1) is 9.16. The zero-order valence-corrected chi connectivity index (χ0v) is 11.5. The largest absolute Gasteiger partial charge is 0.487 e. The maximum absolute atomic E-state index is 13.6. The first-order valence-corrected chi connectivity index (χ1v) is 7.57. The van der Waals surface area contributed by atoms with Crippen LogP contribution in [-0.2, 0) is 0 Å². The normalized spacial score (nSPS) is 20.6. The van der Waals surface area contributed by atoms with Crippen molar-refractivity contribution in [2.75, 3.05) is 12.4 Å². The molecular formula is C15H18F2OS. The van der Waals surface area contributed by atoms with Crippen molar-refractivity contribution in [3.63, 3.8) is 0 Å². The Bertz CT molecular complexity index is 400. The monoisotopic (exact) mass is 284 g/mol. The second kappa shape index (κ2) is 6.94. The van der Waals surface area contributed by atoms with Crippen molar-refractivity contribution >= 4 is 11.8 Å². The molecule has 0 N–H and O–H groups in total. The minimum Gasteiger partial charge on any atom is -0.487 e. The van der Waals surface area contributed by atoms with Crippen LogP contribution in [0.15, 0.2) is 42.5 Å². The molecule has 104 valence electrons. The molecule has 1 saturated heterocycles. The molecule has 0 radical (unpaired) electrons. The summed E-state index contributed by atoms with van der Waals surface area (Å²) >= 11 is 1.76. The van der Waals surface area contributed by atoms with E-state index < -0.39 is 12.5 Å². The molecule has 1 fully saturated rings. The fourth-order valence-corrected chi connectivity index (χ4v) is 3.11. The van der Waals surface area contributed by atoms with Crippen molar-refractivity contribution in [1.82, 2.24) is 0 Å². The van der Waals surface area contributed by atoms with Crippen molar-refractivity contribution in [1.29, 1.82) is 0 Å². The molecule has 1 aliphatic rings. The van der Waals surface area contributed by atoms with Crippen LogP contribution in [0.5, 0.6) is 5.75 Å². The van der Waals surface area contributed by atoms with Gasteiger partial charge in [-0.1, -0.05) is 30.7 Å². The van der Waals surface area contributed by atoms with Crippen LogP contribution in [0.2, 0.25) is 0 Å². The number of alkyl halides is 2. The lowest BCUT2D eigenvalue weighted by Gasteiger charge is -2.19. The van der Waals surface area contributed by atoms with Crippen LogP contribution in [0.4, 0.5) is 8.78 Å². The zero-order valence-electron chi connectivity index (χ0n) is 10.7. The number of rotatable bonds is 5. The van der Waals surface area contributed by atoms with E-state index in [1.54, 1.807) is 42.1 Å². The molecule has 0 aliphatic carbocycles. The van der Waals surface area contributed by atoms with Crippen molar-refractivity contribution in [3.8, 4) is 5.75 Å². The third-order valence-electron chi connectivity index (χ3n) is 2.94. The fraction of sp³-hybridized carbons (Fsp3) is 0.467. The lowest BCUT2D eigenvalue weighted by molar-refractivity contribution is 0.00491. The van der Waals surface area contributed by atoms with Gasteiger partial charge in [-0.25, -0.2) is 0 Å². The number of hydrogen-bond donors (Lipinski definition) is 0. The molecule has 0 amide bonds. The van der Waals surface area contributed by atoms with Crippen LogP contribution in [0.3, 0.4) is 0 Å². The third-order valence-corrected chi connectivity index (χ3v) is 4.29. The Hall–Kier alpha value is -1.03. The van der Waals surface area contributed by atoms with E-state index in [2.05, 4.69) is 0 Å². The minimum atomic E-state index is -2.91. The Morgan fingerprint density at radius 1 is 1.26 bits per heavy atom. The molecule has 0 saturated carbocycles. The van der Waals surface area contributed by atoms with Gasteiger partial charge in [0.05, 0.1) is 0 Å². The standard InChI is InChI=1S/C15H18F2OS/c16-15(17,10-9-14-8-4-5-11-19-14)12-18-13-6-2-1-3-7-13/h1-3,6-7,9-10,14H,4-5,8,11-12H2/b10-9+. The fourth-order valence-electron chi connectivity index (χ4n) is 1.91. The van der Waals surface area contributed by atoms with E-state index in [-0.39, 0.29) is 5.25 Å². The predicted octanol–water partition coefficient (Wildman–Crippen LogP) is 4.54. The smallest absolute Gasteiger partial charge is 0.299 e. The van der Waals surface area contributed by atoms with Gasteiger partial charge in [0.25, 0.3) is 5.92 Å². The van der Waals surface area contributed by atoms with Gasteiger partial charge >= 0.3 is 0 Å². The summed E-state index contributed by atoms with van der Waals surface area (Å²) < 4.78 is 32.4. The second-order valence-corrected chi connectivity index (χ2v) is 5.97. The summed E-state index contributed by atoms with van der Waals surface area (Å²) in [7, 11) is 0. The first-order valence-electron chi connectivity index (χ1n) is 6.52. The number of thioether (sulfide) groups is 1. The summed E-state index contributed by atoms with van der Waals surface area (Å²) in [6, 6.07) is 8.71. The SMILES string of the molecule is FC(F)(/C=C/C1CCCCS1)COc1ccccc1. The molecule has 1 unspecified atom stereocenters. The van der Waals surface area contributed by atoms with E-state index >= 15 is 0 Å². The molecule has 1 atom stereocenters. The summed E-state index contributed by atoms with van der Waals surface area (Å²) in [6.07, 6.45) is 5.96. The third kappa shape index (κ3) is 5.23. The molecule has 1 aromatic carbocycles. The highest BCUT2D eigenvalue weighted by Crippen LogP contribution is 2.27. The predicted molar refractivity (Wildman–Crippen MR) is 76.1 cm³/mol. The Labute approximate surface area is 117 Å². The Kier molecular flexibility index (Phi) is 5.25. The summed E-state index contributed by atoms with van der Waals surface area (Å²) in [5, 5.41) is 0.233. The van der Waals surface area contributed by atoms with Crippen molar-refractivity contribution in [3.05, 3.63) is 42.5 Å². The summed E-state index contributed by atoms with van der Waals surface area (Å²) in [5.74, 6) is -1.36. The van der Waals surface area contributed by atoms with E-state index in [4.69, 9.17) is 4.74 Å². The summed E-state index contributed by atoms with van der Waals surface area (Å²) in [5.41, 5.74) is 0. The van der Waals surface area contributed by atoms with Crippen LogP contribution in [-0.4, -0.2) is 23.5 Å². The molecule has 1 aliphatic heterocycles. The van der Waals surface area contributed by atoms with Crippen LogP contribution in [0.25, 0.3) is 0 Å². The summed E-state index contributed by atoms with van der Waals surface area (Å²) in [6.45, 7) is -0.606. The van der Waals surface area contributed by atoms with Crippen LogP contribution >= 0.6 is 11.8 Å². The molecule has 0 bridgehead atoms. The lowest BCUT2D eigenvalue weighted by atomic mass is 10.1. The van der Waals surface area contributed by atoms with Crippen molar-refractivity contribution in [2.24, 2.45) is 0 Å². The molecule has 1 nitrogen and oxygen atoms in total. The highest BCUT2D eigenvalue weighted by molar-refractivity contribution is 8.00. The van der Waals surface area contributed by atoms with E-state index in [0.29, 0.717) is 5.75 Å². The average molecular weight is 284 g/mol. The van der Waals surface area contributed by atoms with E-state index in [1.807, 2.05) is 6.07 Å². The molecular weight excluding hydrogens is 266 g/mol. The molecule has 1 heterocycles. The molecule has 4 heteroatoms. The van der Waals surface area contributed by atoms with Gasteiger partial charge in [-0.05, 0) is 36.8 Å². The van der Waals surface area contributed by atoms with Crippen LogP contribution in [0, 0.1) is 0 Å². The van der Waals surface area contributed by atoms with E-state index in [0.717, 1.165) is 24.7 Å². The Balaban J connectivity index is 1.82. The van der Waals surface area contributed by atoms with Gasteiger partial charge in [-0.3, -0.25) is 0 Å². The molecule has 0 aromatic heterocycles. The Morgan fingerprint density at radius 3 is 2.74 bits per heavy atom. The minimum absolute atomic E-state index is 0.233. The second-order valence-electron chi connectivity index (χ2n) is 4.63. The quantitative estimate of drug-likeness (QED) is 0.734. The van der Waals surface area contributed by atoms with Gasteiger partial charge < -0.3 is 4.74 Å². The van der Waals surface area contributed by atoms with E-state index in [1.165, 1.54) is 6.42 Å². The molecule has 0 spiro atoms. The van der Waals surface area contributed by atoms with Gasteiger partial charge in [0.15, 0.2) is 6.61 Å². The van der Waals surface area contributed by atoms with Gasteiger partial charge in [-0.2, -0.15) is 20.5 Å². The molecule has 2 rings (SSSR count). The van der Waals surface area contributed by atoms with Crippen molar-refractivity contribution in [2.45, 2.75) is 30.4 Å². The van der Waals surface area contributed by atoms with Gasteiger partial charge in [-0.15, -0.1) is 0 Å². The van der Waals surface area contributed by atoms with Gasteiger partial charge in [0.2, 0.25) is 0 Å². The number of para-hydroxylation sites is 1. The summed E-state index contributed by atoms with van der Waals surface area (Å²) in [4.78, 5) is 0. The van der Waals surface area contributed by atoms with Crippen LogP contribution in [0.1, 0.15) is 19.3 Å². The van der Waals surface area contributed by atoms with Crippen LogP contribution < -0.4 is 4.74 Å². The number of halogens is 2. The highest BCUT2D eigenvalue weighted by Gasteiger charge is 2.27. The molecule has 19 heavy (non-hydrogen) atoms. The first kappa shape index (κ1) is 14.4. The highest BCUT2D eigenvalue weighted by atomic mass is 32.2. The maximum Gasteiger partial charge on any atom is 0.299 e. The topological polar surface area (TPSA) is 9.23 Å². The van der Waals surface area contributed by atoms with E-state index in [9.17, 15) is 8.78 Å². The average Bonchev–Trinajstić information content (AvgIpc) is 2.46. The number of benzene rings is 1. The molecule has 1 aromatic rings. The van der Waals surface area contributed by atoms with Gasteiger partial charge in [0.1, 0.15) is 5.75 Å². The number of ether oxygens (including phenoxy) is 1. The zero-order chi connectivity index (χ0) is 13.6. The maximum atomic E-state index is 13.6. The number of hydrogen-bond acceptors (Lipinski definition) is 2.